The normalized spacial score (nSPS) is 15.5. The van der Waals surface area contributed by atoms with E-state index in [2.05, 4.69) is 10.6 Å². The van der Waals surface area contributed by atoms with Crippen LogP contribution in [0.1, 0.15) is 17.3 Å². The van der Waals surface area contributed by atoms with Crippen molar-refractivity contribution >= 4 is 48.0 Å². The highest BCUT2D eigenvalue weighted by Gasteiger charge is 2.23. The smallest absolute Gasteiger partial charge is 0.255 e. The number of rotatable bonds is 2. The zero-order valence-electron chi connectivity index (χ0n) is 12.6. The summed E-state index contributed by atoms with van der Waals surface area (Å²) in [5.74, 6) is -0.194. The van der Waals surface area contributed by atoms with Crippen molar-refractivity contribution in [1.82, 2.24) is 0 Å². The summed E-state index contributed by atoms with van der Waals surface area (Å²) in [7, 11) is 0. The Morgan fingerprint density at radius 3 is 2.58 bits per heavy atom. The molecule has 24 heavy (non-hydrogen) atoms. The van der Waals surface area contributed by atoms with E-state index in [0.29, 0.717) is 16.9 Å². The topological polar surface area (TPSA) is 78.4 Å². The third-order valence-electron chi connectivity index (χ3n) is 3.30. The van der Waals surface area contributed by atoms with Crippen molar-refractivity contribution in [2.24, 2.45) is 0 Å². The number of phenolic OH excluding ortho intramolecular Hbond substituents is 1. The van der Waals surface area contributed by atoms with Crippen LogP contribution in [-0.2, 0) is 4.79 Å². The molecule has 2 aromatic rings. The maximum absolute atomic E-state index is 12.2. The van der Waals surface area contributed by atoms with Crippen molar-refractivity contribution in [1.29, 1.82) is 0 Å². The van der Waals surface area contributed by atoms with Gasteiger partial charge in [0.05, 0.1) is 10.9 Å². The monoisotopic (exact) mass is 366 g/mol. The Bertz CT molecular complexity index is 753. The lowest BCUT2D eigenvalue weighted by Gasteiger charge is -2.21. The van der Waals surface area contributed by atoms with E-state index in [1.54, 1.807) is 24.3 Å². The maximum atomic E-state index is 12.2. The van der Waals surface area contributed by atoms with E-state index in [1.807, 2.05) is 26.0 Å². The van der Waals surface area contributed by atoms with Crippen LogP contribution in [0.3, 0.4) is 0 Å². The lowest BCUT2D eigenvalue weighted by atomic mass is 10.1. The van der Waals surface area contributed by atoms with Crippen LogP contribution in [-0.4, -0.2) is 22.2 Å². The molecule has 0 saturated carbocycles. The summed E-state index contributed by atoms with van der Waals surface area (Å²) in [6.07, 6.45) is 0. The van der Waals surface area contributed by atoms with Crippen molar-refractivity contribution in [3.63, 3.8) is 0 Å². The Balaban J connectivity index is 0.00000100. The summed E-state index contributed by atoms with van der Waals surface area (Å²) in [5.41, 5.74) is 1.71. The van der Waals surface area contributed by atoms with Crippen molar-refractivity contribution < 1.29 is 18.6 Å². The molecule has 1 aliphatic heterocycles. The minimum atomic E-state index is -0.272. The minimum absolute atomic E-state index is 0.0615. The van der Waals surface area contributed by atoms with Gasteiger partial charge in [-0.2, -0.15) is 3.89 Å². The van der Waals surface area contributed by atoms with Gasteiger partial charge in [0.1, 0.15) is 5.75 Å². The number of carbonyl (C=O) groups excluding carboxylic acids is 2. The SMILES string of the molecule is CC1Sc2ccc(C(=O)Nc3ccc(O)cc3)cc2NC1=O.FS. The van der Waals surface area contributed by atoms with Crippen LogP contribution < -0.4 is 10.6 Å². The summed E-state index contributed by atoms with van der Waals surface area (Å²) in [6.45, 7) is 1.84. The third-order valence-corrected chi connectivity index (χ3v) is 4.48. The first-order valence-corrected chi connectivity index (χ1v) is 8.13. The molecule has 0 radical (unpaired) electrons. The molecule has 0 fully saturated rings. The zero-order valence-corrected chi connectivity index (χ0v) is 14.3. The molecule has 0 aromatic heterocycles. The second kappa shape index (κ2) is 8.07. The van der Waals surface area contributed by atoms with Gasteiger partial charge in [-0.3, -0.25) is 9.59 Å². The number of phenols is 1. The molecule has 126 valence electrons. The van der Waals surface area contributed by atoms with Gasteiger partial charge in [0, 0.05) is 29.2 Å². The molecule has 1 unspecified atom stereocenters. The van der Waals surface area contributed by atoms with Crippen LogP contribution in [0, 0.1) is 0 Å². The first-order valence-electron chi connectivity index (χ1n) is 6.92. The number of hydrogen-bond donors (Lipinski definition) is 4. The molecule has 1 heterocycles. The number of aromatic hydroxyl groups is 1. The van der Waals surface area contributed by atoms with Gasteiger partial charge in [-0.15, -0.1) is 11.8 Å². The van der Waals surface area contributed by atoms with Gasteiger partial charge in [0.15, 0.2) is 0 Å². The summed E-state index contributed by atoms with van der Waals surface area (Å²) >= 11 is 3.50. The zero-order chi connectivity index (χ0) is 17.7. The van der Waals surface area contributed by atoms with Crippen molar-refractivity contribution in [3.8, 4) is 5.75 Å². The molecule has 0 spiro atoms. The first-order chi connectivity index (χ1) is 11.5. The fourth-order valence-corrected chi connectivity index (χ4v) is 3.03. The fourth-order valence-electron chi connectivity index (χ4n) is 2.10. The molecular formula is C16H15FN2O3S2. The highest BCUT2D eigenvalue weighted by Crippen LogP contribution is 2.36. The number of thiol groups is 1. The van der Waals surface area contributed by atoms with Gasteiger partial charge in [-0.1, -0.05) is 0 Å². The quantitative estimate of drug-likeness (QED) is 0.480. The van der Waals surface area contributed by atoms with E-state index in [0.717, 1.165) is 4.90 Å². The second-order valence-electron chi connectivity index (χ2n) is 4.96. The Morgan fingerprint density at radius 2 is 1.92 bits per heavy atom. The predicted octanol–water partition coefficient (Wildman–Crippen LogP) is 3.88. The first kappa shape index (κ1) is 18.2. The minimum Gasteiger partial charge on any atom is -0.508 e. The van der Waals surface area contributed by atoms with Gasteiger partial charge in [-0.25, -0.2) is 0 Å². The molecule has 8 heteroatoms. The van der Waals surface area contributed by atoms with Gasteiger partial charge >= 0.3 is 0 Å². The summed E-state index contributed by atoms with van der Waals surface area (Å²) in [5, 5.41) is 14.6. The van der Waals surface area contributed by atoms with Gasteiger partial charge in [0.25, 0.3) is 5.91 Å². The molecule has 0 saturated heterocycles. The summed E-state index contributed by atoms with van der Waals surface area (Å²) < 4.78 is 9.19. The van der Waals surface area contributed by atoms with Crippen LogP contribution in [0.15, 0.2) is 47.4 Å². The van der Waals surface area contributed by atoms with E-state index in [4.69, 9.17) is 0 Å². The second-order valence-corrected chi connectivity index (χ2v) is 6.34. The summed E-state index contributed by atoms with van der Waals surface area (Å²) in [4.78, 5) is 24.9. The van der Waals surface area contributed by atoms with Gasteiger partial charge < -0.3 is 15.7 Å². The Hall–Kier alpha value is -2.19. The van der Waals surface area contributed by atoms with Crippen molar-refractivity contribution in [2.75, 3.05) is 10.6 Å². The van der Waals surface area contributed by atoms with Gasteiger partial charge in [0.2, 0.25) is 5.91 Å². The number of halogens is 1. The van der Waals surface area contributed by atoms with Crippen molar-refractivity contribution in [3.05, 3.63) is 48.0 Å². The molecule has 2 amide bonds. The predicted molar refractivity (Wildman–Crippen MR) is 96.5 cm³/mol. The third kappa shape index (κ3) is 4.21. The summed E-state index contributed by atoms with van der Waals surface area (Å²) in [6, 6.07) is 11.5. The molecule has 0 bridgehead atoms. The number of hydrogen-bond acceptors (Lipinski definition) is 5. The Labute approximate surface area is 148 Å². The average molecular weight is 366 g/mol. The van der Waals surface area contributed by atoms with Crippen LogP contribution in [0.2, 0.25) is 0 Å². The van der Waals surface area contributed by atoms with E-state index >= 15 is 0 Å². The number of benzene rings is 2. The molecule has 3 N–H and O–H groups in total. The highest BCUT2D eigenvalue weighted by molar-refractivity contribution is 8.00. The molecule has 2 aromatic carbocycles. The molecule has 0 aliphatic carbocycles. The number of thioether (sulfide) groups is 1. The number of carbonyl (C=O) groups is 2. The van der Waals surface area contributed by atoms with E-state index in [1.165, 1.54) is 23.9 Å². The van der Waals surface area contributed by atoms with Gasteiger partial charge in [-0.05, 0) is 49.4 Å². The molecule has 3 rings (SSSR count). The van der Waals surface area contributed by atoms with E-state index < -0.39 is 0 Å². The highest BCUT2D eigenvalue weighted by atomic mass is 32.2. The largest absolute Gasteiger partial charge is 0.508 e. The molecule has 1 atom stereocenters. The van der Waals surface area contributed by atoms with E-state index in [9.17, 15) is 18.6 Å². The number of amides is 2. The number of nitrogens with one attached hydrogen (secondary N) is 2. The molecule has 5 nitrogen and oxygen atoms in total. The lowest BCUT2D eigenvalue weighted by molar-refractivity contribution is -0.115. The molecule has 1 aliphatic rings. The standard InChI is InChI=1S/C16H14N2O3S.FHS/c1-9-15(20)18-13-8-10(2-7-14(13)22-9)16(21)17-11-3-5-12(19)6-4-11;1-2/h2-9,19H,1H3,(H,17,21)(H,18,20);2H. The van der Waals surface area contributed by atoms with Crippen molar-refractivity contribution in [2.45, 2.75) is 17.1 Å². The van der Waals surface area contributed by atoms with Crippen LogP contribution in [0.5, 0.6) is 5.75 Å². The average Bonchev–Trinajstić information content (AvgIpc) is 2.59. The fraction of sp³-hybridized carbons (Fsp3) is 0.125. The van der Waals surface area contributed by atoms with Crippen LogP contribution in [0.4, 0.5) is 15.3 Å². The Morgan fingerprint density at radius 1 is 1.25 bits per heavy atom. The number of fused-ring (bicyclic) bond motifs is 1. The van der Waals surface area contributed by atoms with Crippen LogP contribution >= 0.6 is 24.8 Å². The number of anilines is 2. The molecular weight excluding hydrogens is 351 g/mol. The lowest BCUT2D eigenvalue weighted by Crippen LogP contribution is -2.26. The van der Waals surface area contributed by atoms with Crippen LogP contribution in [0.25, 0.3) is 0 Å². The maximum Gasteiger partial charge on any atom is 0.255 e. The Kier molecular flexibility index (Phi) is 6.10. The van der Waals surface area contributed by atoms with E-state index in [-0.39, 0.29) is 22.8 Å².